The molecule has 2 heterocycles. The topological polar surface area (TPSA) is 100 Å². The van der Waals surface area contributed by atoms with Crippen LogP contribution in [0, 0.1) is 6.92 Å². The molecular formula is C24H25N5O4. The molecule has 9 heteroatoms. The fraction of sp³-hybridized carbons (Fsp3) is 0.250. The van der Waals surface area contributed by atoms with Gasteiger partial charge in [0.2, 0.25) is 5.91 Å². The maximum atomic E-state index is 13.4. The summed E-state index contributed by atoms with van der Waals surface area (Å²) in [5.74, 6) is 0.0933. The molecule has 0 aliphatic heterocycles. The Morgan fingerprint density at radius 2 is 1.85 bits per heavy atom. The van der Waals surface area contributed by atoms with Gasteiger partial charge in [-0.3, -0.25) is 23.4 Å². The number of carbonyl (C=O) groups is 1. The number of carbonyl (C=O) groups excluding carboxylic acids is 1. The van der Waals surface area contributed by atoms with Crippen LogP contribution in [-0.4, -0.2) is 31.9 Å². The van der Waals surface area contributed by atoms with Crippen LogP contribution in [0.1, 0.15) is 18.1 Å². The van der Waals surface area contributed by atoms with Gasteiger partial charge < -0.3 is 10.1 Å². The maximum absolute atomic E-state index is 13.4. The van der Waals surface area contributed by atoms with E-state index in [-0.39, 0.29) is 18.6 Å². The van der Waals surface area contributed by atoms with E-state index in [9.17, 15) is 14.4 Å². The highest BCUT2D eigenvalue weighted by molar-refractivity contribution is 5.93. The Hall–Kier alpha value is -4.14. The van der Waals surface area contributed by atoms with E-state index in [0.29, 0.717) is 23.5 Å². The van der Waals surface area contributed by atoms with E-state index in [0.717, 1.165) is 15.7 Å². The molecule has 33 heavy (non-hydrogen) atoms. The summed E-state index contributed by atoms with van der Waals surface area (Å²) >= 11 is 0. The number of fused-ring (bicyclic) bond motifs is 1. The zero-order chi connectivity index (χ0) is 23.5. The number of methoxy groups -OCH3 is 1. The first-order valence-electron chi connectivity index (χ1n) is 10.6. The van der Waals surface area contributed by atoms with Crippen LogP contribution in [0.25, 0.3) is 11.0 Å². The number of aromatic nitrogens is 4. The van der Waals surface area contributed by atoms with Gasteiger partial charge in [-0.1, -0.05) is 36.4 Å². The normalized spacial score (nSPS) is 11.0. The Labute approximate surface area is 189 Å². The van der Waals surface area contributed by atoms with Crippen LogP contribution >= 0.6 is 0 Å². The van der Waals surface area contributed by atoms with Gasteiger partial charge in [0.1, 0.15) is 12.3 Å². The number of nitrogens with one attached hydrogen (secondary N) is 1. The lowest BCUT2D eigenvalue weighted by molar-refractivity contribution is -0.116. The van der Waals surface area contributed by atoms with Gasteiger partial charge in [-0.15, -0.1) is 0 Å². The van der Waals surface area contributed by atoms with Gasteiger partial charge >= 0.3 is 5.69 Å². The summed E-state index contributed by atoms with van der Waals surface area (Å²) in [6, 6.07) is 14.6. The van der Waals surface area contributed by atoms with E-state index < -0.39 is 17.2 Å². The Kier molecular flexibility index (Phi) is 6.12. The van der Waals surface area contributed by atoms with Crippen LogP contribution in [0.5, 0.6) is 5.75 Å². The van der Waals surface area contributed by atoms with Gasteiger partial charge in [0, 0.05) is 12.7 Å². The van der Waals surface area contributed by atoms with Crippen molar-refractivity contribution in [1.82, 2.24) is 18.9 Å². The third kappa shape index (κ3) is 4.43. The molecule has 0 saturated carbocycles. The van der Waals surface area contributed by atoms with Crippen LogP contribution in [0.3, 0.4) is 0 Å². The maximum Gasteiger partial charge on any atom is 0.332 e. The molecule has 0 radical (unpaired) electrons. The second-order valence-corrected chi connectivity index (χ2v) is 7.72. The third-order valence-corrected chi connectivity index (χ3v) is 5.38. The predicted octanol–water partition coefficient (Wildman–Crippen LogP) is 2.38. The third-order valence-electron chi connectivity index (χ3n) is 5.38. The smallest absolute Gasteiger partial charge is 0.332 e. The van der Waals surface area contributed by atoms with Crippen molar-refractivity contribution in [1.29, 1.82) is 0 Å². The first-order valence-corrected chi connectivity index (χ1v) is 10.6. The molecule has 1 N–H and O–H groups in total. The molecule has 2 aromatic heterocycles. The molecule has 0 spiro atoms. The molecule has 2 aromatic carbocycles. The fourth-order valence-corrected chi connectivity index (χ4v) is 3.70. The number of ether oxygens (including phenoxy) is 1. The number of benzene rings is 2. The zero-order valence-electron chi connectivity index (χ0n) is 18.7. The van der Waals surface area contributed by atoms with E-state index >= 15 is 0 Å². The number of hydrogen-bond acceptors (Lipinski definition) is 5. The predicted molar refractivity (Wildman–Crippen MR) is 126 cm³/mol. The molecule has 9 nitrogen and oxygen atoms in total. The van der Waals surface area contributed by atoms with Crippen molar-refractivity contribution in [3.63, 3.8) is 0 Å². The van der Waals surface area contributed by atoms with Crippen molar-refractivity contribution in [3.8, 4) is 5.75 Å². The Bertz CT molecular complexity index is 1430. The molecule has 4 rings (SSSR count). The minimum Gasteiger partial charge on any atom is -0.495 e. The number of nitrogens with zero attached hydrogens (tertiary/aromatic N) is 4. The van der Waals surface area contributed by atoms with Crippen molar-refractivity contribution in [2.24, 2.45) is 0 Å². The highest BCUT2D eigenvalue weighted by Crippen LogP contribution is 2.25. The van der Waals surface area contributed by atoms with Gasteiger partial charge in [0.05, 0.1) is 24.9 Å². The van der Waals surface area contributed by atoms with Crippen LogP contribution in [-0.2, 0) is 24.4 Å². The number of amides is 1. The summed E-state index contributed by atoms with van der Waals surface area (Å²) in [7, 11) is 1.52. The van der Waals surface area contributed by atoms with Crippen LogP contribution in [0.4, 0.5) is 5.69 Å². The molecule has 0 aliphatic rings. The summed E-state index contributed by atoms with van der Waals surface area (Å²) in [5, 5.41) is 7.15. The van der Waals surface area contributed by atoms with E-state index in [1.165, 1.54) is 11.7 Å². The van der Waals surface area contributed by atoms with Crippen LogP contribution in [0.2, 0.25) is 0 Å². The second-order valence-electron chi connectivity index (χ2n) is 7.72. The lowest BCUT2D eigenvalue weighted by Crippen LogP contribution is -2.41. The van der Waals surface area contributed by atoms with Crippen molar-refractivity contribution in [3.05, 3.63) is 86.7 Å². The number of rotatable bonds is 7. The largest absolute Gasteiger partial charge is 0.495 e. The molecule has 0 unspecified atom stereocenters. The molecule has 0 saturated heterocycles. The number of anilines is 1. The first-order chi connectivity index (χ1) is 15.9. The lowest BCUT2D eigenvalue weighted by atomic mass is 10.2. The first kappa shape index (κ1) is 22.1. The average Bonchev–Trinajstić information content (AvgIpc) is 3.25. The van der Waals surface area contributed by atoms with E-state index in [2.05, 4.69) is 10.4 Å². The highest BCUT2D eigenvalue weighted by atomic mass is 16.5. The molecule has 170 valence electrons. The zero-order valence-corrected chi connectivity index (χ0v) is 18.7. The van der Waals surface area contributed by atoms with E-state index in [1.807, 2.05) is 50.2 Å². The van der Waals surface area contributed by atoms with Gasteiger partial charge in [-0.25, -0.2) is 4.79 Å². The molecule has 0 atom stereocenters. The van der Waals surface area contributed by atoms with Gasteiger partial charge in [0.25, 0.3) is 5.56 Å². The standard InChI is InChI=1S/C24H25N5O4/c1-4-27-14-19-22(26-27)23(31)29(13-17-8-6-5-7-9-17)24(32)28(19)15-21(30)25-18-12-16(2)10-11-20(18)33-3/h5-12,14H,4,13,15H2,1-3H3,(H,25,30). The van der Waals surface area contributed by atoms with Crippen LogP contribution < -0.4 is 21.3 Å². The summed E-state index contributed by atoms with van der Waals surface area (Å²) in [4.78, 5) is 39.4. The van der Waals surface area contributed by atoms with Crippen molar-refractivity contribution >= 4 is 22.6 Å². The van der Waals surface area contributed by atoms with E-state index in [4.69, 9.17) is 4.74 Å². The quantitative estimate of drug-likeness (QED) is 0.469. The molecule has 0 aliphatic carbocycles. The summed E-state index contributed by atoms with van der Waals surface area (Å²) in [6.07, 6.45) is 1.62. The molecule has 4 aromatic rings. The molecule has 1 amide bonds. The van der Waals surface area contributed by atoms with Crippen molar-refractivity contribution < 1.29 is 9.53 Å². The Morgan fingerprint density at radius 1 is 1.09 bits per heavy atom. The summed E-state index contributed by atoms with van der Waals surface area (Å²) in [5.41, 5.74) is 1.67. The number of hydrogen-bond donors (Lipinski definition) is 1. The number of aryl methyl sites for hydroxylation is 2. The average molecular weight is 447 g/mol. The summed E-state index contributed by atoms with van der Waals surface area (Å²) < 4.78 is 9.31. The van der Waals surface area contributed by atoms with Gasteiger partial charge in [0.15, 0.2) is 5.52 Å². The van der Waals surface area contributed by atoms with Crippen molar-refractivity contribution in [2.45, 2.75) is 33.5 Å². The van der Waals surface area contributed by atoms with Gasteiger partial charge in [-0.05, 0) is 37.1 Å². The van der Waals surface area contributed by atoms with Gasteiger partial charge in [-0.2, -0.15) is 5.10 Å². The Morgan fingerprint density at radius 3 is 2.55 bits per heavy atom. The molecule has 0 bridgehead atoms. The Balaban J connectivity index is 1.77. The molecule has 0 fully saturated rings. The van der Waals surface area contributed by atoms with E-state index in [1.54, 1.807) is 23.0 Å². The fourth-order valence-electron chi connectivity index (χ4n) is 3.70. The monoisotopic (exact) mass is 447 g/mol. The lowest BCUT2D eigenvalue weighted by Gasteiger charge is -2.14. The molecular weight excluding hydrogens is 422 g/mol. The SMILES string of the molecule is CCn1cc2c(n1)c(=O)n(Cc1ccccc1)c(=O)n2CC(=O)Nc1cc(C)ccc1OC. The van der Waals surface area contributed by atoms with Crippen molar-refractivity contribution in [2.75, 3.05) is 12.4 Å². The highest BCUT2D eigenvalue weighted by Gasteiger charge is 2.19. The van der Waals surface area contributed by atoms with Crippen LogP contribution in [0.15, 0.2) is 64.3 Å². The second kappa shape index (κ2) is 9.15. The minimum absolute atomic E-state index is 0.0841. The summed E-state index contributed by atoms with van der Waals surface area (Å²) in [6.45, 7) is 4.11. The minimum atomic E-state index is -0.571.